The molecule has 0 aliphatic rings. The highest BCUT2D eigenvalue weighted by Gasteiger charge is 2.42. The first-order chi connectivity index (χ1) is 11.5. The minimum absolute atomic E-state index is 0.0147. The zero-order valence-electron chi connectivity index (χ0n) is 13.1. The minimum Gasteiger partial charge on any atom is -0.322 e. The standard InChI is InChI=1S/C13H15Cl5NO5P/c1-3-22-25(21,23-4-2)24-12(13(16,17)18)19-11(20)9-6-5-8(14)7-10(9)15/h5-7,12H,3-4H2,1-2H3,(H,19,20). The smallest absolute Gasteiger partial charge is 0.322 e. The van der Waals surface area contributed by atoms with E-state index in [4.69, 9.17) is 71.6 Å². The van der Waals surface area contributed by atoms with Crippen LogP contribution in [0.25, 0.3) is 0 Å². The molecule has 25 heavy (non-hydrogen) atoms. The van der Waals surface area contributed by atoms with Crippen LogP contribution in [-0.4, -0.2) is 29.1 Å². The van der Waals surface area contributed by atoms with E-state index in [0.717, 1.165) is 0 Å². The molecule has 0 saturated heterocycles. The maximum Gasteiger partial charge on any atom is 0.476 e. The van der Waals surface area contributed by atoms with E-state index in [1.165, 1.54) is 18.2 Å². The number of phosphoric ester groups is 1. The van der Waals surface area contributed by atoms with Crippen molar-refractivity contribution in [1.82, 2.24) is 5.32 Å². The number of carbonyl (C=O) groups excluding carboxylic acids is 1. The lowest BCUT2D eigenvalue weighted by Gasteiger charge is -2.28. The number of carbonyl (C=O) groups is 1. The van der Waals surface area contributed by atoms with Crippen molar-refractivity contribution in [3.63, 3.8) is 0 Å². The number of phosphoric acid groups is 1. The third kappa shape index (κ3) is 7.41. The normalized spacial score (nSPS) is 13.6. The molecule has 0 heterocycles. The summed E-state index contributed by atoms with van der Waals surface area (Å²) in [6.45, 7) is 3.18. The van der Waals surface area contributed by atoms with Crippen molar-refractivity contribution in [3.05, 3.63) is 33.8 Å². The van der Waals surface area contributed by atoms with Crippen molar-refractivity contribution >= 4 is 71.7 Å². The van der Waals surface area contributed by atoms with E-state index in [-0.39, 0.29) is 23.8 Å². The summed E-state index contributed by atoms with van der Waals surface area (Å²) in [5.74, 6) is -0.738. The van der Waals surface area contributed by atoms with Crippen molar-refractivity contribution < 1.29 is 22.9 Å². The van der Waals surface area contributed by atoms with Crippen molar-refractivity contribution in [2.45, 2.75) is 23.9 Å². The number of rotatable bonds is 8. The second-order valence-electron chi connectivity index (χ2n) is 4.41. The molecule has 0 saturated carbocycles. The third-order valence-electron chi connectivity index (χ3n) is 2.54. The van der Waals surface area contributed by atoms with Gasteiger partial charge in [0.2, 0.25) is 3.79 Å². The summed E-state index contributed by atoms with van der Waals surface area (Å²) in [5.41, 5.74) is 0.0524. The molecule has 1 aromatic carbocycles. The fourth-order valence-electron chi connectivity index (χ4n) is 1.58. The first-order valence-corrected chi connectivity index (χ1v) is 10.3. The van der Waals surface area contributed by atoms with Gasteiger partial charge in [0.25, 0.3) is 5.91 Å². The number of alkyl halides is 3. The van der Waals surface area contributed by atoms with Gasteiger partial charge in [0.1, 0.15) is 0 Å². The van der Waals surface area contributed by atoms with Crippen LogP contribution >= 0.6 is 65.8 Å². The van der Waals surface area contributed by atoms with E-state index in [1.54, 1.807) is 13.8 Å². The summed E-state index contributed by atoms with van der Waals surface area (Å²) in [7, 11) is -4.06. The maximum absolute atomic E-state index is 12.5. The van der Waals surface area contributed by atoms with Crippen LogP contribution in [0.3, 0.4) is 0 Å². The van der Waals surface area contributed by atoms with Gasteiger partial charge in [0.15, 0.2) is 6.23 Å². The predicted molar refractivity (Wildman–Crippen MR) is 99.9 cm³/mol. The highest BCUT2D eigenvalue weighted by atomic mass is 35.6. The Kier molecular flexibility index (Phi) is 9.29. The Bertz CT molecular complexity index is 644. The van der Waals surface area contributed by atoms with Crippen molar-refractivity contribution in [1.29, 1.82) is 0 Å². The van der Waals surface area contributed by atoms with Gasteiger partial charge >= 0.3 is 7.82 Å². The quantitative estimate of drug-likeness (QED) is 0.302. The van der Waals surface area contributed by atoms with Gasteiger partial charge in [-0.2, -0.15) is 0 Å². The molecule has 0 radical (unpaired) electrons. The van der Waals surface area contributed by atoms with E-state index in [1.807, 2.05) is 0 Å². The van der Waals surface area contributed by atoms with Crippen LogP contribution in [0.4, 0.5) is 0 Å². The number of halogens is 5. The van der Waals surface area contributed by atoms with E-state index < -0.39 is 23.8 Å². The van der Waals surface area contributed by atoms with Crippen LogP contribution in [0.1, 0.15) is 24.2 Å². The second kappa shape index (κ2) is 9.98. The molecular formula is C13H15Cl5NO5P. The molecule has 1 unspecified atom stereocenters. The highest BCUT2D eigenvalue weighted by molar-refractivity contribution is 7.48. The number of hydrogen-bond acceptors (Lipinski definition) is 5. The number of amides is 1. The van der Waals surface area contributed by atoms with E-state index >= 15 is 0 Å². The number of benzene rings is 1. The van der Waals surface area contributed by atoms with Gasteiger partial charge in [-0.1, -0.05) is 58.0 Å². The summed E-state index contributed by atoms with van der Waals surface area (Å²) in [5, 5.41) is 2.70. The summed E-state index contributed by atoms with van der Waals surface area (Å²) in [6.07, 6.45) is -1.64. The van der Waals surface area contributed by atoms with Gasteiger partial charge in [0, 0.05) is 5.02 Å². The first-order valence-electron chi connectivity index (χ1n) is 6.92. The largest absolute Gasteiger partial charge is 0.476 e. The van der Waals surface area contributed by atoms with Crippen LogP contribution in [0.5, 0.6) is 0 Å². The predicted octanol–water partition coefficient (Wildman–Crippen LogP) is 5.62. The zero-order chi connectivity index (χ0) is 19.3. The molecule has 0 aromatic heterocycles. The Morgan fingerprint density at radius 3 is 2.20 bits per heavy atom. The lowest BCUT2D eigenvalue weighted by Crippen LogP contribution is -2.45. The number of hydrogen-bond donors (Lipinski definition) is 1. The average molecular weight is 474 g/mol. The molecule has 6 nitrogen and oxygen atoms in total. The van der Waals surface area contributed by atoms with Crippen LogP contribution in [0.15, 0.2) is 18.2 Å². The molecule has 142 valence electrons. The van der Waals surface area contributed by atoms with Gasteiger partial charge in [-0.05, 0) is 32.0 Å². The molecule has 1 aromatic rings. The molecule has 12 heteroatoms. The van der Waals surface area contributed by atoms with Gasteiger partial charge in [0.05, 0.1) is 23.8 Å². The molecule has 0 aliphatic carbocycles. The first kappa shape index (κ1) is 23.3. The van der Waals surface area contributed by atoms with E-state index in [9.17, 15) is 9.36 Å². The average Bonchev–Trinajstić information content (AvgIpc) is 2.45. The SMILES string of the molecule is CCOP(=O)(OCC)OC(NC(=O)c1ccc(Cl)cc1Cl)C(Cl)(Cl)Cl. The van der Waals surface area contributed by atoms with Crippen molar-refractivity contribution in [3.8, 4) is 0 Å². The maximum atomic E-state index is 12.5. The van der Waals surface area contributed by atoms with Crippen LogP contribution in [0.2, 0.25) is 10.0 Å². The Hall–Kier alpha value is 0.250. The highest BCUT2D eigenvalue weighted by Crippen LogP contribution is 2.52. The summed E-state index contributed by atoms with van der Waals surface area (Å²) in [6, 6.07) is 4.20. The van der Waals surface area contributed by atoms with E-state index in [2.05, 4.69) is 5.32 Å². The Balaban J connectivity index is 3.04. The number of nitrogens with one attached hydrogen (secondary N) is 1. The Morgan fingerprint density at radius 2 is 1.76 bits per heavy atom. The second-order valence-corrected chi connectivity index (χ2v) is 9.24. The lowest BCUT2D eigenvalue weighted by atomic mass is 10.2. The lowest BCUT2D eigenvalue weighted by molar-refractivity contribution is 0.0601. The van der Waals surface area contributed by atoms with Crippen molar-refractivity contribution in [2.75, 3.05) is 13.2 Å². The summed E-state index contributed by atoms with van der Waals surface area (Å²) < 4.78 is 25.4. The minimum atomic E-state index is -4.06. The van der Waals surface area contributed by atoms with Gasteiger partial charge < -0.3 is 5.32 Å². The van der Waals surface area contributed by atoms with Gasteiger partial charge in [-0.25, -0.2) is 4.57 Å². The molecule has 1 N–H and O–H groups in total. The molecular weight excluding hydrogens is 458 g/mol. The molecule has 0 aliphatic heterocycles. The third-order valence-corrected chi connectivity index (χ3v) is 5.30. The molecule has 0 spiro atoms. The molecule has 1 amide bonds. The van der Waals surface area contributed by atoms with Crippen LogP contribution in [0, 0.1) is 0 Å². The van der Waals surface area contributed by atoms with Gasteiger partial charge in [-0.3, -0.25) is 18.4 Å². The molecule has 1 rings (SSSR count). The molecule has 0 fully saturated rings. The topological polar surface area (TPSA) is 73.9 Å². The van der Waals surface area contributed by atoms with Crippen LogP contribution in [-0.2, 0) is 18.1 Å². The molecule has 1 atom stereocenters. The fourth-order valence-corrected chi connectivity index (χ4v) is 3.86. The van der Waals surface area contributed by atoms with Crippen molar-refractivity contribution in [2.24, 2.45) is 0 Å². The monoisotopic (exact) mass is 471 g/mol. The molecule has 0 bridgehead atoms. The summed E-state index contributed by atoms with van der Waals surface area (Å²) in [4.78, 5) is 12.4. The summed E-state index contributed by atoms with van der Waals surface area (Å²) >= 11 is 29.2. The Morgan fingerprint density at radius 1 is 1.20 bits per heavy atom. The Labute approximate surface area is 170 Å². The van der Waals surface area contributed by atoms with Crippen LogP contribution < -0.4 is 5.32 Å². The zero-order valence-corrected chi connectivity index (χ0v) is 17.8. The van der Waals surface area contributed by atoms with E-state index in [0.29, 0.717) is 5.02 Å². The fraction of sp³-hybridized carbons (Fsp3) is 0.462. The van der Waals surface area contributed by atoms with Gasteiger partial charge in [-0.15, -0.1) is 0 Å².